The number of hydrogen-bond donors (Lipinski definition) is 1. The number of carbonyl (C=O) groups excluding carboxylic acids is 2. The summed E-state index contributed by atoms with van der Waals surface area (Å²) in [6.45, 7) is 2.54. The van der Waals surface area contributed by atoms with Crippen LogP contribution < -0.4 is 10.8 Å². The number of aryl methyl sites for hydroxylation is 1. The van der Waals surface area contributed by atoms with Crippen molar-refractivity contribution in [1.29, 1.82) is 0 Å². The average molecular weight is 749 g/mol. The van der Waals surface area contributed by atoms with Gasteiger partial charge in [-0.1, -0.05) is 79.8 Å². The number of nitrogens with two attached hydrogens (primary N) is 1. The number of allylic oxidation sites excluding steroid dienone is 3. The lowest BCUT2D eigenvalue weighted by molar-refractivity contribution is -0.177. The fourth-order valence-corrected chi connectivity index (χ4v) is 9.62. The summed E-state index contributed by atoms with van der Waals surface area (Å²) in [7, 11) is -3.29. The zero-order valence-electron chi connectivity index (χ0n) is 29.8. The van der Waals surface area contributed by atoms with Gasteiger partial charge in [0.25, 0.3) is 5.91 Å². The highest BCUT2D eigenvalue weighted by Crippen LogP contribution is 2.42. The first-order valence-corrected chi connectivity index (χ1v) is 20.8. The molecule has 10 heteroatoms. The van der Waals surface area contributed by atoms with Crippen molar-refractivity contribution in [3.8, 4) is 21.6 Å². The zero-order chi connectivity index (χ0) is 37.0. The van der Waals surface area contributed by atoms with E-state index in [9.17, 15) is 18.0 Å². The molecule has 1 fully saturated rings. The molecule has 2 N–H and O–H groups in total. The second-order valence-electron chi connectivity index (χ2n) is 13.7. The van der Waals surface area contributed by atoms with Crippen LogP contribution in [0.1, 0.15) is 72.6 Å². The lowest BCUT2D eigenvalue weighted by Crippen LogP contribution is -2.37. The Morgan fingerprint density at radius 1 is 0.906 bits per heavy atom. The number of thiophene rings is 1. The summed E-state index contributed by atoms with van der Waals surface area (Å²) in [5, 5.41) is 1.74. The molecule has 4 aromatic rings. The Balaban J connectivity index is 0.000000310. The first-order chi connectivity index (χ1) is 25.7. The second kappa shape index (κ2) is 16.2. The molecule has 2 aliphatic carbocycles. The molecule has 2 amide bonds. The molecule has 1 aromatic heterocycles. The number of primary amides is 1. The smallest absolute Gasteiger partial charge is 0.250 e. The van der Waals surface area contributed by atoms with Crippen LogP contribution in [0.25, 0.3) is 33.2 Å². The normalized spacial score (nSPS) is 19.5. The minimum atomic E-state index is -3.29. The van der Waals surface area contributed by atoms with Crippen molar-refractivity contribution in [2.75, 3.05) is 11.7 Å². The number of amides is 2. The quantitative estimate of drug-likeness (QED) is 0.181. The Hall–Kier alpha value is -4.61. The van der Waals surface area contributed by atoms with Gasteiger partial charge in [-0.3, -0.25) is 9.59 Å². The second-order valence-corrected chi connectivity index (χ2v) is 16.8. The molecular formula is C43H44N2O6S2. The Bertz CT molecular complexity index is 2210. The maximum Gasteiger partial charge on any atom is 0.250 e. The van der Waals surface area contributed by atoms with Gasteiger partial charge < -0.3 is 10.5 Å². The van der Waals surface area contributed by atoms with Crippen LogP contribution in [0.2, 0.25) is 0 Å². The van der Waals surface area contributed by atoms with Gasteiger partial charge in [0.2, 0.25) is 5.91 Å². The maximum absolute atomic E-state index is 12.8. The summed E-state index contributed by atoms with van der Waals surface area (Å²) in [6, 6.07) is 26.1. The van der Waals surface area contributed by atoms with Gasteiger partial charge in [0, 0.05) is 41.0 Å². The number of carbonyl (C=O) groups is 2. The molecule has 2 atom stereocenters. The Morgan fingerprint density at radius 3 is 2.53 bits per heavy atom. The fourth-order valence-electron chi connectivity index (χ4n) is 7.36. The van der Waals surface area contributed by atoms with Crippen LogP contribution in [0, 0.1) is 0 Å². The molecule has 0 bridgehead atoms. The highest BCUT2D eigenvalue weighted by Gasteiger charge is 2.26. The third-order valence-corrected chi connectivity index (χ3v) is 13.0. The predicted molar refractivity (Wildman–Crippen MR) is 212 cm³/mol. The van der Waals surface area contributed by atoms with E-state index in [1.807, 2.05) is 30.4 Å². The van der Waals surface area contributed by atoms with Gasteiger partial charge >= 0.3 is 0 Å². The Labute approximate surface area is 315 Å². The highest BCUT2D eigenvalue weighted by atomic mass is 32.2. The van der Waals surface area contributed by atoms with Gasteiger partial charge in [-0.25, -0.2) is 13.3 Å². The lowest BCUT2D eigenvalue weighted by Gasteiger charge is -2.29. The number of nitrogens with zero attached hydrogens (tertiary/aromatic N) is 1. The molecule has 274 valence electrons. The van der Waals surface area contributed by atoms with E-state index >= 15 is 0 Å². The topological polar surface area (TPSA) is 116 Å². The fraction of sp³-hybridized carbons (Fsp3) is 0.302. The highest BCUT2D eigenvalue weighted by molar-refractivity contribution is 7.95. The van der Waals surface area contributed by atoms with Crippen LogP contribution in [0.3, 0.4) is 0 Å². The van der Waals surface area contributed by atoms with E-state index < -0.39 is 21.0 Å². The van der Waals surface area contributed by atoms with Gasteiger partial charge in [0.1, 0.15) is 0 Å². The SMILES string of the molecule is CCC(=O)N(OC1CCCCO1)c1cccc(-c2ccc(C3=Cc4ccc5c(c4CC3)CCc3ccccc3-5)s2)c1.NC(=O)CC1C=CC=CS1(=O)=O. The molecule has 0 radical (unpaired) electrons. The number of hydroxylamine groups is 1. The van der Waals surface area contributed by atoms with Crippen molar-refractivity contribution < 1.29 is 27.6 Å². The third-order valence-electron chi connectivity index (χ3n) is 10.1. The number of benzene rings is 3. The summed E-state index contributed by atoms with van der Waals surface area (Å²) >= 11 is 1.82. The summed E-state index contributed by atoms with van der Waals surface area (Å²) < 4.78 is 28.1. The van der Waals surface area contributed by atoms with E-state index in [-0.39, 0.29) is 18.6 Å². The number of ether oxygens (including phenoxy) is 1. The molecule has 2 unspecified atom stereocenters. The molecule has 2 aliphatic heterocycles. The van der Waals surface area contributed by atoms with Crippen molar-refractivity contribution in [2.24, 2.45) is 5.73 Å². The first kappa shape index (κ1) is 36.7. The van der Waals surface area contributed by atoms with Crippen molar-refractivity contribution in [2.45, 2.75) is 76.3 Å². The van der Waals surface area contributed by atoms with Gasteiger partial charge in [-0.05, 0) is 107 Å². The largest absolute Gasteiger partial charge is 0.370 e. The summed E-state index contributed by atoms with van der Waals surface area (Å²) in [5.74, 6) is -0.677. The molecule has 8 nitrogen and oxygen atoms in total. The molecule has 1 saturated heterocycles. The number of fused-ring (bicyclic) bond motifs is 5. The standard InChI is InChI=1S/C36H35NO3S.C7H9NO3S/c1-2-35(38)37(40-36-12-5-6-21-39-36)28-10-7-9-26(23-28)33-19-20-34(41-33)27-15-16-30-25(22-27)14-18-31-29-11-4-3-8-24(29)13-17-32(30)31;8-7(9)5-6-3-1-2-4-12(6,10)11/h3-4,7-11,14,18-20,22-23,36H,2,5-6,12-13,15-17,21H2,1H3;1-4,6H,5H2,(H2,8,9). The molecule has 53 heavy (non-hydrogen) atoms. The zero-order valence-corrected chi connectivity index (χ0v) is 31.5. The molecule has 0 spiro atoms. The Morgan fingerprint density at radius 2 is 1.74 bits per heavy atom. The van der Waals surface area contributed by atoms with E-state index in [4.69, 9.17) is 15.3 Å². The van der Waals surface area contributed by atoms with Gasteiger partial charge in [-0.15, -0.1) is 11.3 Å². The molecule has 3 aromatic carbocycles. The van der Waals surface area contributed by atoms with Crippen molar-refractivity contribution in [1.82, 2.24) is 0 Å². The number of rotatable bonds is 8. The van der Waals surface area contributed by atoms with E-state index in [2.05, 4.69) is 66.7 Å². The summed E-state index contributed by atoms with van der Waals surface area (Å²) in [4.78, 5) is 31.9. The minimum Gasteiger partial charge on any atom is -0.370 e. The third kappa shape index (κ3) is 8.31. The molecule has 4 aliphatic rings. The Kier molecular flexibility index (Phi) is 11.2. The number of sulfone groups is 1. The molecule has 0 saturated carbocycles. The summed E-state index contributed by atoms with van der Waals surface area (Å²) in [6.07, 6.45) is 14.0. The van der Waals surface area contributed by atoms with Crippen molar-refractivity contribution in [3.63, 3.8) is 0 Å². The van der Waals surface area contributed by atoms with Crippen LogP contribution >= 0.6 is 11.3 Å². The first-order valence-electron chi connectivity index (χ1n) is 18.3. The minimum absolute atomic E-state index is 0.0695. The van der Waals surface area contributed by atoms with Gasteiger partial charge in [0.15, 0.2) is 16.1 Å². The van der Waals surface area contributed by atoms with Crippen LogP contribution in [0.4, 0.5) is 5.69 Å². The van der Waals surface area contributed by atoms with Crippen LogP contribution in [-0.2, 0) is 48.3 Å². The van der Waals surface area contributed by atoms with E-state index in [0.717, 1.165) is 61.6 Å². The monoisotopic (exact) mass is 748 g/mol. The summed E-state index contributed by atoms with van der Waals surface area (Å²) in [5.41, 5.74) is 16.9. The molecule has 8 rings (SSSR count). The average Bonchev–Trinajstić information content (AvgIpc) is 3.68. The maximum atomic E-state index is 12.8. The number of hydrogen-bond acceptors (Lipinski definition) is 7. The lowest BCUT2D eigenvalue weighted by atomic mass is 9.78. The van der Waals surface area contributed by atoms with Crippen LogP contribution in [0.15, 0.2) is 96.4 Å². The number of anilines is 1. The van der Waals surface area contributed by atoms with Crippen molar-refractivity contribution in [3.05, 3.63) is 124 Å². The van der Waals surface area contributed by atoms with Gasteiger partial charge in [0.05, 0.1) is 10.9 Å². The van der Waals surface area contributed by atoms with E-state index in [0.29, 0.717) is 13.0 Å². The predicted octanol–water partition coefficient (Wildman–Crippen LogP) is 8.60. The van der Waals surface area contributed by atoms with Crippen LogP contribution in [0.5, 0.6) is 0 Å². The van der Waals surface area contributed by atoms with E-state index in [1.54, 1.807) is 11.6 Å². The van der Waals surface area contributed by atoms with Gasteiger partial charge in [-0.2, -0.15) is 5.06 Å². The van der Waals surface area contributed by atoms with Crippen LogP contribution in [-0.4, -0.2) is 38.4 Å². The molecular weight excluding hydrogens is 705 g/mol. The van der Waals surface area contributed by atoms with E-state index in [1.165, 1.54) is 60.4 Å². The van der Waals surface area contributed by atoms with Crippen molar-refractivity contribution >= 4 is 50.3 Å². The molecule has 3 heterocycles.